The van der Waals surface area contributed by atoms with Gasteiger partial charge in [-0.15, -0.1) is 6.58 Å². The van der Waals surface area contributed by atoms with Gasteiger partial charge >= 0.3 is 0 Å². The Balaban J connectivity index is 0. The molecule has 0 bridgehead atoms. The van der Waals surface area contributed by atoms with E-state index in [9.17, 15) is 0 Å². The van der Waals surface area contributed by atoms with Gasteiger partial charge in [-0.2, -0.15) is 0 Å². The highest BCUT2D eigenvalue weighted by atomic mass is 35.5. The first-order chi connectivity index (χ1) is 4.92. The molecular weight excluding hydrogens is 170 g/mol. The topological polar surface area (TPSA) is 0 Å². The summed E-state index contributed by atoms with van der Waals surface area (Å²) in [7, 11) is 6.71. The van der Waals surface area contributed by atoms with Crippen LogP contribution in [-0.4, -0.2) is 32.2 Å². The van der Waals surface area contributed by atoms with E-state index in [0.29, 0.717) is 0 Å². The molecule has 0 radical (unpaired) electrons. The van der Waals surface area contributed by atoms with Crippen molar-refractivity contribution < 1.29 is 16.9 Å². The van der Waals surface area contributed by atoms with E-state index in [2.05, 4.69) is 34.6 Å². The Labute approximate surface area is 83.5 Å². The number of quaternary nitrogens is 1. The van der Waals surface area contributed by atoms with E-state index in [1.54, 1.807) is 0 Å². The first kappa shape index (κ1) is 14.5. The van der Waals surface area contributed by atoms with Crippen LogP contribution in [0.4, 0.5) is 0 Å². The van der Waals surface area contributed by atoms with Gasteiger partial charge in [-0.1, -0.05) is 5.57 Å². The summed E-state index contributed by atoms with van der Waals surface area (Å²) in [5.41, 5.74) is 1.31. The second-order valence-corrected chi connectivity index (χ2v) is 4.43. The summed E-state index contributed by atoms with van der Waals surface area (Å²) < 4.78 is 1.08. The molecule has 0 aromatic heterocycles. The molecular formula is C10H22ClN. The Morgan fingerprint density at radius 2 is 1.67 bits per heavy atom. The van der Waals surface area contributed by atoms with E-state index in [4.69, 9.17) is 0 Å². The highest BCUT2D eigenvalue weighted by Crippen LogP contribution is 2.05. The van der Waals surface area contributed by atoms with Crippen LogP contribution in [0.5, 0.6) is 0 Å². The molecule has 0 atom stereocenters. The fourth-order valence-electron chi connectivity index (χ4n) is 1.01. The Morgan fingerprint density at radius 1 is 1.17 bits per heavy atom. The molecule has 0 aromatic rings. The second kappa shape index (κ2) is 6.50. The maximum absolute atomic E-state index is 3.88. The summed E-state index contributed by atoms with van der Waals surface area (Å²) in [5, 5.41) is 0. The van der Waals surface area contributed by atoms with Crippen molar-refractivity contribution in [1.82, 2.24) is 0 Å². The average Bonchev–Trinajstić information content (AvgIpc) is 1.78. The molecule has 74 valence electrons. The average molecular weight is 192 g/mol. The number of rotatable bonds is 5. The van der Waals surface area contributed by atoms with Crippen LogP contribution in [-0.2, 0) is 0 Å². The van der Waals surface area contributed by atoms with Crippen LogP contribution in [0.25, 0.3) is 0 Å². The van der Waals surface area contributed by atoms with Crippen LogP contribution >= 0.6 is 0 Å². The Morgan fingerprint density at radius 3 is 2.00 bits per heavy atom. The summed E-state index contributed by atoms with van der Waals surface area (Å²) in [4.78, 5) is 0. The monoisotopic (exact) mass is 191 g/mol. The number of allylic oxidation sites excluding steroid dienone is 1. The zero-order valence-corrected chi connectivity index (χ0v) is 9.62. The smallest absolute Gasteiger partial charge is 0.0780 e. The van der Waals surface area contributed by atoms with Crippen molar-refractivity contribution in [1.29, 1.82) is 0 Å². The molecule has 0 saturated heterocycles. The summed E-state index contributed by atoms with van der Waals surface area (Å²) in [6.45, 7) is 7.26. The third kappa shape index (κ3) is 12.6. The zero-order valence-electron chi connectivity index (χ0n) is 8.86. The van der Waals surface area contributed by atoms with Gasteiger partial charge in [0.2, 0.25) is 0 Å². The van der Waals surface area contributed by atoms with E-state index in [0.717, 1.165) is 4.48 Å². The number of hydrogen-bond donors (Lipinski definition) is 0. The molecule has 0 N–H and O–H groups in total. The van der Waals surface area contributed by atoms with Gasteiger partial charge in [0.1, 0.15) is 0 Å². The fourth-order valence-corrected chi connectivity index (χ4v) is 1.01. The summed E-state index contributed by atoms with van der Waals surface area (Å²) in [6, 6.07) is 0. The highest BCUT2D eigenvalue weighted by Gasteiger charge is 2.04. The molecule has 0 rings (SSSR count). The van der Waals surface area contributed by atoms with Crippen LogP contribution in [0.15, 0.2) is 12.2 Å². The van der Waals surface area contributed by atoms with Crippen LogP contribution in [0.2, 0.25) is 0 Å². The van der Waals surface area contributed by atoms with Crippen molar-refractivity contribution >= 4 is 0 Å². The van der Waals surface area contributed by atoms with E-state index >= 15 is 0 Å². The quantitative estimate of drug-likeness (QED) is 0.311. The van der Waals surface area contributed by atoms with Crippen molar-refractivity contribution in [2.75, 3.05) is 27.7 Å². The van der Waals surface area contributed by atoms with Crippen LogP contribution < -0.4 is 12.4 Å². The second-order valence-electron chi connectivity index (χ2n) is 4.43. The standard InChI is InChI=1S/C10H22N.ClH/c1-10(2)8-6-7-9-11(3,4)5;/h1,6-9H2,2-5H3;1H/q+1;/p-1. The molecule has 2 heteroatoms. The fraction of sp³-hybridized carbons (Fsp3) is 0.800. The van der Waals surface area contributed by atoms with Gasteiger partial charge in [-0.3, -0.25) is 0 Å². The number of nitrogens with zero attached hydrogens (tertiary/aromatic N) is 1. The Hall–Kier alpha value is -0.0100. The zero-order chi connectivity index (χ0) is 8.91. The summed E-state index contributed by atoms with van der Waals surface area (Å²) in [5.74, 6) is 0. The number of halogens is 1. The van der Waals surface area contributed by atoms with Crippen molar-refractivity contribution in [3.05, 3.63) is 12.2 Å². The minimum Gasteiger partial charge on any atom is -1.00 e. The summed E-state index contributed by atoms with van der Waals surface area (Å²) >= 11 is 0. The lowest BCUT2D eigenvalue weighted by molar-refractivity contribution is -0.870. The SMILES string of the molecule is C=C(C)CCCC[N+](C)(C)C.[Cl-]. The molecule has 0 aliphatic heterocycles. The summed E-state index contributed by atoms with van der Waals surface area (Å²) in [6.07, 6.45) is 3.81. The lowest BCUT2D eigenvalue weighted by Crippen LogP contribution is -3.00. The Bertz CT molecular complexity index is 124. The van der Waals surface area contributed by atoms with Gasteiger partial charge in [0, 0.05) is 0 Å². The molecule has 0 aliphatic carbocycles. The lowest BCUT2D eigenvalue weighted by atomic mass is 10.1. The predicted octanol–water partition coefficient (Wildman–Crippen LogP) is -0.557. The van der Waals surface area contributed by atoms with Gasteiger partial charge in [-0.25, -0.2) is 0 Å². The molecule has 0 spiro atoms. The number of hydrogen-bond acceptors (Lipinski definition) is 0. The maximum Gasteiger partial charge on any atom is 0.0780 e. The largest absolute Gasteiger partial charge is 1.00 e. The van der Waals surface area contributed by atoms with Crippen LogP contribution in [0.1, 0.15) is 26.2 Å². The van der Waals surface area contributed by atoms with Gasteiger partial charge in [-0.05, 0) is 26.2 Å². The van der Waals surface area contributed by atoms with Crippen molar-refractivity contribution in [2.24, 2.45) is 0 Å². The third-order valence-corrected chi connectivity index (χ3v) is 1.68. The predicted molar refractivity (Wildman–Crippen MR) is 51.6 cm³/mol. The van der Waals surface area contributed by atoms with Gasteiger partial charge in [0.05, 0.1) is 27.7 Å². The molecule has 0 aliphatic rings. The van der Waals surface area contributed by atoms with E-state index in [1.165, 1.54) is 31.4 Å². The van der Waals surface area contributed by atoms with E-state index < -0.39 is 0 Å². The minimum absolute atomic E-state index is 0. The van der Waals surface area contributed by atoms with Crippen molar-refractivity contribution in [3.63, 3.8) is 0 Å². The lowest BCUT2D eigenvalue weighted by Gasteiger charge is -2.23. The minimum atomic E-state index is 0. The van der Waals surface area contributed by atoms with Crippen LogP contribution in [0.3, 0.4) is 0 Å². The molecule has 12 heavy (non-hydrogen) atoms. The van der Waals surface area contributed by atoms with Crippen molar-refractivity contribution in [3.8, 4) is 0 Å². The molecule has 0 heterocycles. The Kier molecular flexibility index (Phi) is 7.86. The highest BCUT2D eigenvalue weighted by molar-refractivity contribution is 4.86. The third-order valence-electron chi connectivity index (χ3n) is 1.68. The maximum atomic E-state index is 3.88. The van der Waals surface area contributed by atoms with Gasteiger partial charge in [0.25, 0.3) is 0 Å². The van der Waals surface area contributed by atoms with E-state index in [1.807, 2.05) is 0 Å². The van der Waals surface area contributed by atoms with Crippen molar-refractivity contribution in [2.45, 2.75) is 26.2 Å². The first-order valence-corrected chi connectivity index (χ1v) is 4.36. The normalized spacial score (nSPS) is 10.7. The first-order valence-electron chi connectivity index (χ1n) is 4.36. The van der Waals surface area contributed by atoms with Crippen LogP contribution in [0, 0.1) is 0 Å². The molecule has 0 aromatic carbocycles. The number of unbranched alkanes of at least 4 members (excludes halogenated alkanes) is 1. The molecule has 1 nitrogen and oxygen atoms in total. The van der Waals surface area contributed by atoms with E-state index in [-0.39, 0.29) is 12.4 Å². The molecule has 0 saturated carbocycles. The molecule has 0 unspecified atom stereocenters. The van der Waals surface area contributed by atoms with Gasteiger partial charge in [0.15, 0.2) is 0 Å². The van der Waals surface area contributed by atoms with Gasteiger partial charge < -0.3 is 16.9 Å². The molecule has 0 fully saturated rings. The molecule has 0 amide bonds.